The van der Waals surface area contributed by atoms with Gasteiger partial charge in [-0.05, 0) is 56.8 Å². The largest absolute Gasteiger partial charge is 0.375 e. The van der Waals surface area contributed by atoms with E-state index in [0.29, 0.717) is 17.3 Å². The Hall–Kier alpha value is -0.720. The fourth-order valence-corrected chi connectivity index (χ4v) is 2.81. The van der Waals surface area contributed by atoms with Crippen LogP contribution in [0.4, 0.5) is 0 Å². The molecule has 0 saturated heterocycles. The molecule has 1 nitrogen and oxygen atoms in total. The van der Waals surface area contributed by atoms with Crippen molar-refractivity contribution in [1.82, 2.24) is 4.90 Å². The van der Waals surface area contributed by atoms with Crippen LogP contribution in [-0.4, -0.2) is 18.0 Å². The molecule has 0 saturated carbocycles. The summed E-state index contributed by atoms with van der Waals surface area (Å²) in [6, 6.07) is 0. The zero-order valence-corrected chi connectivity index (χ0v) is 17.3. The van der Waals surface area contributed by atoms with Gasteiger partial charge in [-0.1, -0.05) is 66.2 Å². The molecule has 0 radical (unpaired) electrons. The van der Waals surface area contributed by atoms with E-state index in [4.69, 9.17) is 0 Å². The van der Waals surface area contributed by atoms with Gasteiger partial charge in [-0.15, -0.1) is 0 Å². The second-order valence-corrected chi connectivity index (χ2v) is 8.31. The third-order valence-electron chi connectivity index (χ3n) is 5.54. The van der Waals surface area contributed by atoms with Crippen LogP contribution in [0.5, 0.6) is 0 Å². The van der Waals surface area contributed by atoms with Crippen LogP contribution in [0.2, 0.25) is 0 Å². The Morgan fingerprint density at radius 1 is 1.17 bits per heavy atom. The van der Waals surface area contributed by atoms with E-state index in [-0.39, 0.29) is 0 Å². The summed E-state index contributed by atoms with van der Waals surface area (Å²) in [5, 5.41) is 0. The lowest BCUT2D eigenvalue weighted by molar-refractivity contribution is 0.152. The number of allylic oxidation sites excluding steroid dienone is 3. The number of rotatable bonds is 12. The monoisotopic (exact) mass is 321 g/mol. The number of nitrogens with zero attached hydrogens (tertiary/aromatic N) is 1. The molecule has 0 aliphatic rings. The summed E-state index contributed by atoms with van der Waals surface area (Å²) in [6.07, 6.45) is 8.53. The van der Waals surface area contributed by atoms with Crippen molar-refractivity contribution >= 4 is 0 Å². The SMILES string of the molecule is C=C(C(C)CC)N(CCCC)CC(C)C(C)(C)CCC=C(C)C. The molecule has 0 aromatic rings. The molecule has 1 heteroatoms. The van der Waals surface area contributed by atoms with Gasteiger partial charge in [-0.25, -0.2) is 0 Å². The van der Waals surface area contributed by atoms with E-state index in [9.17, 15) is 0 Å². The van der Waals surface area contributed by atoms with E-state index < -0.39 is 0 Å². The Bertz CT molecular complexity index is 360. The van der Waals surface area contributed by atoms with Gasteiger partial charge in [0.15, 0.2) is 0 Å². The first-order chi connectivity index (χ1) is 10.7. The van der Waals surface area contributed by atoms with E-state index in [1.54, 1.807) is 0 Å². The molecule has 2 unspecified atom stereocenters. The molecule has 23 heavy (non-hydrogen) atoms. The van der Waals surface area contributed by atoms with E-state index >= 15 is 0 Å². The summed E-state index contributed by atoms with van der Waals surface area (Å²) in [6.45, 7) is 25.2. The highest BCUT2D eigenvalue weighted by atomic mass is 15.1. The normalized spacial score (nSPS) is 14.3. The van der Waals surface area contributed by atoms with Crippen LogP contribution in [0, 0.1) is 17.3 Å². The fourth-order valence-electron chi connectivity index (χ4n) is 2.81. The van der Waals surface area contributed by atoms with Crippen LogP contribution in [0.1, 0.15) is 87.5 Å². The van der Waals surface area contributed by atoms with Crippen LogP contribution in [0.25, 0.3) is 0 Å². The summed E-state index contributed by atoms with van der Waals surface area (Å²) < 4.78 is 0. The average Bonchev–Trinajstić information content (AvgIpc) is 2.48. The standard InChI is InChI=1S/C22H43N/c1-10-12-16-23(21(7)19(5)11-2)17-20(6)22(8,9)15-13-14-18(3)4/h14,19-20H,7,10-13,15-17H2,1-6,8-9H3. The van der Waals surface area contributed by atoms with Gasteiger partial charge in [0.25, 0.3) is 0 Å². The third kappa shape index (κ3) is 8.63. The molecule has 0 fully saturated rings. The minimum atomic E-state index is 0.367. The summed E-state index contributed by atoms with van der Waals surface area (Å²) >= 11 is 0. The van der Waals surface area contributed by atoms with Crippen molar-refractivity contribution in [2.24, 2.45) is 17.3 Å². The number of unbranched alkanes of at least 4 members (excludes halogenated alkanes) is 1. The second kappa shape index (κ2) is 10.9. The molecular formula is C22H43N. The van der Waals surface area contributed by atoms with Gasteiger partial charge in [0.2, 0.25) is 0 Å². The van der Waals surface area contributed by atoms with E-state index in [0.717, 1.165) is 13.1 Å². The molecule has 0 aliphatic heterocycles. The van der Waals surface area contributed by atoms with Crippen molar-refractivity contribution in [3.8, 4) is 0 Å². The van der Waals surface area contributed by atoms with Crippen LogP contribution < -0.4 is 0 Å². The van der Waals surface area contributed by atoms with Crippen LogP contribution in [0.15, 0.2) is 23.9 Å². The quantitative estimate of drug-likeness (QED) is 0.348. The smallest absolute Gasteiger partial charge is 0.0205 e. The van der Waals surface area contributed by atoms with Crippen LogP contribution in [0.3, 0.4) is 0 Å². The summed E-state index contributed by atoms with van der Waals surface area (Å²) in [5.74, 6) is 1.26. The molecule has 0 amide bonds. The second-order valence-electron chi connectivity index (χ2n) is 8.31. The molecule has 2 atom stereocenters. The van der Waals surface area contributed by atoms with Crippen LogP contribution in [-0.2, 0) is 0 Å². The van der Waals surface area contributed by atoms with E-state index in [1.165, 1.54) is 43.4 Å². The Labute approximate surface area is 147 Å². The van der Waals surface area contributed by atoms with Crippen molar-refractivity contribution in [3.63, 3.8) is 0 Å². The average molecular weight is 322 g/mol. The maximum absolute atomic E-state index is 4.42. The summed E-state index contributed by atoms with van der Waals surface area (Å²) in [5.41, 5.74) is 3.14. The lowest BCUT2D eigenvalue weighted by atomic mass is 9.76. The molecule has 0 bridgehead atoms. The predicted octanol–water partition coefficient (Wildman–Crippen LogP) is 7.06. The van der Waals surface area contributed by atoms with Crippen molar-refractivity contribution in [2.75, 3.05) is 13.1 Å². The predicted molar refractivity (Wildman–Crippen MR) is 107 cm³/mol. The highest BCUT2D eigenvalue weighted by Gasteiger charge is 2.27. The third-order valence-corrected chi connectivity index (χ3v) is 5.54. The lowest BCUT2D eigenvalue weighted by Crippen LogP contribution is -2.36. The summed E-state index contributed by atoms with van der Waals surface area (Å²) in [4.78, 5) is 2.57. The van der Waals surface area contributed by atoms with Gasteiger partial charge in [-0.2, -0.15) is 0 Å². The molecule has 0 rings (SSSR count). The Morgan fingerprint density at radius 3 is 2.26 bits per heavy atom. The number of hydrogen-bond acceptors (Lipinski definition) is 1. The van der Waals surface area contributed by atoms with Gasteiger partial charge < -0.3 is 4.90 Å². The first-order valence-corrected chi connectivity index (χ1v) is 9.72. The maximum atomic E-state index is 4.42. The van der Waals surface area contributed by atoms with Gasteiger partial charge in [0, 0.05) is 18.8 Å². The molecule has 0 N–H and O–H groups in total. The zero-order chi connectivity index (χ0) is 18.0. The molecule has 0 aliphatic carbocycles. The zero-order valence-electron chi connectivity index (χ0n) is 17.3. The van der Waals surface area contributed by atoms with Gasteiger partial charge in [0.05, 0.1) is 0 Å². The highest BCUT2D eigenvalue weighted by molar-refractivity contribution is 5.00. The minimum Gasteiger partial charge on any atom is -0.375 e. The van der Waals surface area contributed by atoms with Gasteiger partial charge in [0.1, 0.15) is 0 Å². The van der Waals surface area contributed by atoms with Crippen LogP contribution >= 0.6 is 0 Å². The van der Waals surface area contributed by atoms with Crippen molar-refractivity contribution in [2.45, 2.75) is 87.5 Å². The Kier molecular flexibility index (Phi) is 10.6. The molecule has 0 aromatic carbocycles. The van der Waals surface area contributed by atoms with Crippen molar-refractivity contribution < 1.29 is 0 Å². The summed E-state index contributed by atoms with van der Waals surface area (Å²) in [7, 11) is 0. The van der Waals surface area contributed by atoms with E-state index in [2.05, 4.69) is 72.9 Å². The molecule has 0 spiro atoms. The Balaban J connectivity index is 4.81. The van der Waals surface area contributed by atoms with E-state index in [1.807, 2.05) is 0 Å². The fraction of sp³-hybridized carbons (Fsp3) is 0.818. The molecule has 0 heterocycles. The van der Waals surface area contributed by atoms with Crippen molar-refractivity contribution in [1.29, 1.82) is 0 Å². The highest BCUT2D eigenvalue weighted by Crippen LogP contribution is 2.34. The minimum absolute atomic E-state index is 0.367. The first-order valence-electron chi connectivity index (χ1n) is 9.72. The molecule has 0 aromatic heterocycles. The number of hydrogen-bond donors (Lipinski definition) is 0. The van der Waals surface area contributed by atoms with Crippen molar-refractivity contribution in [3.05, 3.63) is 23.9 Å². The lowest BCUT2D eigenvalue weighted by Gasteiger charge is -2.38. The Morgan fingerprint density at radius 2 is 1.78 bits per heavy atom. The molecular weight excluding hydrogens is 278 g/mol. The molecule has 136 valence electrons. The maximum Gasteiger partial charge on any atom is 0.0205 e. The van der Waals surface area contributed by atoms with Gasteiger partial charge >= 0.3 is 0 Å². The topological polar surface area (TPSA) is 3.24 Å². The first kappa shape index (κ1) is 22.3. The van der Waals surface area contributed by atoms with Gasteiger partial charge in [-0.3, -0.25) is 0 Å².